The Hall–Kier alpha value is -1.42. The summed E-state index contributed by atoms with van der Waals surface area (Å²) in [5, 5.41) is 3.47. The van der Waals surface area contributed by atoms with Gasteiger partial charge in [0.1, 0.15) is 12.0 Å². The lowest BCUT2D eigenvalue weighted by Gasteiger charge is -2.26. The summed E-state index contributed by atoms with van der Waals surface area (Å²) in [5.41, 5.74) is 0.594. The molecule has 1 N–H and O–H groups in total. The van der Waals surface area contributed by atoms with Crippen LogP contribution in [0.5, 0.6) is 0 Å². The van der Waals surface area contributed by atoms with Gasteiger partial charge in [-0.3, -0.25) is 10.1 Å². The fraction of sp³-hybridized carbons (Fsp3) is 0.588. The van der Waals surface area contributed by atoms with E-state index in [0.29, 0.717) is 0 Å². The minimum Gasteiger partial charge on any atom is -0.318 e. The van der Waals surface area contributed by atoms with Crippen molar-refractivity contribution in [1.82, 2.24) is 10.2 Å². The number of benzene rings is 1. The Morgan fingerprint density at radius 1 is 1.29 bits per heavy atom. The molecule has 2 aliphatic rings. The fourth-order valence-corrected chi connectivity index (χ4v) is 3.21. The Balaban J connectivity index is 1.97. The zero-order valence-corrected chi connectivity index (χ0v) is 13.1. The zero-order valence-electron chi connectivity index (χ0n) is 13.1. The van der Waals surface area contributed by atoms with Crippen LogP contribution < -0.4 is 5.32 Å². The van der Waals surface area contributed by atoms with Crippen LogP contribution in [0.2, 0.25) is 0 Å². The molecule has 0 spiro atoms. The molecular weight excluding hydrogens is 267 g/mol. The predicted octanol–water partition coefficient (Wildman–Crippen LogP) is 3.22. The monoisotopic (exact) mass is 290 g/mol. The highest BCUT2D eigenvalue weighted by Gasteiger charge is 2.59. The van der Waals surface area contributed by atoms with Crippen molar-refractivity contribution in [3.8, 4) is 0 Å². The van der Waals surface area contributed by atoms with Crippen LogP contribution in [0.15, 0.2) is 24.3 Å². The molecule has 1 saturated carbocycles. The van der Waals surface area contributed by atoms with Gasteiger partial charge in [0.2, 0.25) is 5.91 Å². The lowest BCUT2D eigenvalue weighted by Crippen LogP contribution is -2.43. The zero-order chi connectivity index (χ0) is 15.4. The molecule has 114 valence electrons. The SMILES string of the molecule is CCC1(C)NC(c2ccc(F)cc2)N(C2CC2(C)C)C1=O. The number of carbonyl (C=O) groups is 1. The van der Waals surface area contributed by atoms with E-state index in [4.69, 9.17) is 0 Å². The van der Waals surface area contributed by atoms with Gasteiger partial charge in [0, 0.05) is 6.04 Å². The van der Waals surface area contributed by atoms with Gasteiger partial charge >= 0.3 is 0 Å². The van der Waals surface area contributed by atoms with Crippen LogP contribution >= 0.6 is 0 Å². The average molecular weight is 290 g/mol. The molecule has 1 heterocycles. The molecular formula is C17H23FN2O. The van der Waals surface area contributed by atoms with E-state index < -0.39 is 5.54 Å². The largest absolute Gasteiger partial charge is 0.318 e. The number of rotatable bonds is 3. The summed E-state index contributed by atoms with van der Waals surface area (Å²) < 4.78 is 13.2. The molecule has 1 aliphatic heterocycles. The van der Waals surface area contributed by atoms with Gasteiger partial charge in [-0.2, -0.15) is 0 Å². The average Bonchev–Trinajstić information content (AvgIpc) is 2.97. The molecule has 1 aliphatic carbocycles. The Kier molecular flexibility index (Phi) is 3.14. The maximum atomic E-state index is 13.2. The van der Waals surface area contributed by atoms with Gasteiger partial charge in [-0.25, -0.2) is 4.39 Å². The number of nitrogens with zero attached hydrogens (tertiary/aromatic N) is 1. The Bertz CT molecular complexity index is 569. The van der Waals surface area contributed by atoms with Crippen LogP contribution in [0.3, 0.4) is 0 Å². The molecule has 3 unspecified atom stereocenters. The second kappa shape index (κ2) is 4.54. The van der Waals surface area contributed by atoms with E-state index in [2.05, 4.69) is 19.2 Å². The fourth-order valence-electron chi connectivity index (χ4n) is 3.21. The number of amides is 1. The van der Waals surface area contributed by atoms with Gasteiger partial charge in [-0.1, -0.05) is 32.9 Å². The molecule has 1 aromatic carbocycles. The topological polar surface area (TPSA) is 32.3 Å². The van der Waals surface area contributed by atoms with Gasteiger partial charge in [-0.05, 0) is 42.9 Å². The molecule has 0 radical (unpaired) electrons. The lowest BCUT2D eigenvalue weighted by atomic mass is 9.99. The minimum atomic E-state index is -0.530. The van der Waals surface area contributed by atoms with Crippen LogP contribution in [0.25, 0.3) is 0 Å². The van der Waals surface area contributed by atoms with Crippen molar-refractivity contribution in [3.05, 3.63) is 35.6 Å². The number of hydrogen-bond donors (Lipinski definition) is 1. The molecule has 2 fully saturated rings. The molecule has 1 saturated heterocycles. The molecule has 3 nitrogen and oxygen atoms in total. The van der Waals surface area contributed by atoms with E-state index in [1.807, 2.05) is 18.7 Å². The molecule has 3 rings (SSSR count). The first kappa shape index (κ1) is 14.5. The highest BCUT2D eigenvalue weighted by atomic mass is 19.1. The second-order valence-corrected chi connectivity index (χ2v) is 7.21. The highest BCUT2D eigenvalue weighted by molar-refractivity contribution is 5.89. The van der Waals surface area contributed by atoms with E-state index in [-0.39, 0.29) is 29.3 Å². The Labute approximate surface area is 125 Å². The third-order valence-electron chi connectivity index (χ3n) is 5.13. The summed E-state index contributed by atoms with van der Waals surface area (Å²) in [5.74, 6) is -0.0884. The molecule has 1 amide bonds. The van der Waals surface area contributed by atoms with Crippen LogP contribution in [-0.2, 0) is 4.79 Å². The van der Waals surface area contributed by atoms with E-state index in [1.165, 1.54) is 12.1 Å². The molecule has 21 heavy (non-hydrogen) atoms. The predicted molar refractivity (Wildman–Crippen MR) is 80.0 cm³/mol. The van der Waals surface area contributed by atoms with Crippen LogP contribution in [0.1, 0.15) is 52.3 Å². The maximum Gasteiger partial charge on any atom is 0.244 e. The summed E-state index contributed by atoms with van der Waals surface area (Å²) in [6, 6.07) is 6.72. The first-order valence-electron chi connectivity index (χ1n) is 7.64. The van der Waals surface area contributed by atoms with Crippen LogP contribution in [0, 0.1) is 11.2 Å². The van der Waals surface area contributed by atoms with Crippen molar-refractivity contribution >= 4 is 5.91 Å². The summed E-state index contributed by atoms with van der Waals surface area (Å²) in [6.45, 7) is 8.36. The van der Waals surface area contributed by atoms with E-state index in [1.54, 1.807) is 12.1 Å². The number of halogens is 1. The van der Waals surface area contributed by atoms with Crippen molar-refractivity contribution in [2.24, 2.45) is 5.41 Å². The third-order valence-corrected chi connectivity index (χ3v) is 5.13. The van der Waals surface area contributed by atoms with Gasteiger partial charge < -0.3 is 4.90 Å². The summed E-state index contributed by atoms with van der Waals surface area (Å²) in [6.07, 6.45) is 1.61. The lowest BCUT2D eigenvalue weighted by molar-refractivity contribution is -0.134. The normalized spacial score (nSPS) is 34.3. The maximum absolute atomic E-state index is 13.2. The second-order valence-electron chi connectivity index (χ2n) is 7.21. The molecule has 1 aromatic rings. The summed E-state index contributed by atoms with van der Waals surface area (Å²) in [4.78, 5) is 14.9. The number of hydrogen-bond acceptors (Lipinski definition) is 2. The van der Waals surface area contributed by atoms with Crippen LogP contribution in [-0.4, -0.2) is 22.4 Å². The minimum absolute atomic E-state index is 0.158. The van der Waals surface area contributed by atoms with Gasteiger partial charge in [0.25, 0.3) is 0 Å². The van der Waals surface area contributed by atoms with Crippen molar-refractivity contribution < 1.29 is 9.18 Å². The Morgan fingerprint density at radius 2 is 1.86 bits per heavy atom. The van der Waals surface area contributed by atoms with Crippen molar-refractivity contribution in [2.75, 3.05) is 0 Å². The molecule has 3 atom stereocenters. The number of carbonyl (C=O) groups excluding carboxylic acids is 1. The third kappa shape index (κ3) is 2.26. The van der Waals surface area contributed by atoms with E-state index in [0.717, 1.165) is 18.4 Å². The summed E-state index contributed by atoms with van der Waals surface area (Å²) >= 11 is 0. The van der Waals surface area contributed by atoms with Crippen molar-refractivity contribution in [2.45, 2.75) is 58.3 Å². The van der Waals surface area contributed by atoms with Gasteiger partial charge in [0.15, 0.2) is 0 Å². The first-order chi connectivity index (χ1) is 9.78. The van der Waals surface area contributed by atoms with Gasteiger partial charge in [0.05, 0.1) is 5.54 Å². The quantitative estimate of drug-likeness (QED) is 0.927. The first-order valence-corrected chi connectivity index (χ1v) is 7.64. The standard InChI is InChI=1S/C17H23FN2O/c1-5-17(4)15(21)20(13-10-16(13,2)3)14(19-17)11-6-8-12(18)9-7-11/h6-9,13-14,19H,5,10H2,1-4H3. The smallest absolute Gasteiger partial charge is 0.244 e. The van der Waals surface area contributed by atoms with Crippen molar-refractivity contribution in [3.63, 3.8) is 0 Å². The van der Waals surface area contributed by atoms with E-state index in [9.17, 15) is 9.18 Å². The van der Waals surface area contributed by atoms with Crippen molar-refractivity contribution in [1.29, 1.82) is 0 Å². The Morgan fingerprint density at radius 3 is 2.33 bits per heavy atom. The molecule has 4 heteroatoms. The summed E-state index contributed by atoms with van der Waals surface area (Å²) in [7, 11) is 0. The van der Waals surface area contributed by atoms with Crippen LogP contribution in [0.4, 0.5) is 4.39 Å². The molecule has 0 bridgehead atoms. The molecule has 0 aromatic heterocycles. The number of nitrogens with one attached hydrogen (secondary N) is 1. The van der Waals surface area contributed by atoms with E-state index >= 15 is 0 Å². The highest BCUT2D eigenvalue weighted by Crippen LogP contribution is 2.53. The van der Waals surface area contributed by atoms with Gasteiger partial charge in [-0.15, -0.1) is 0 Å².